The fourth-order valence-electron chi connectivity index (χ4n) is 1.83. The van der Waals surface area contributed by atoms with Gasteiger partial charge in [0.25, 0.3) is 0 Å². The van der Waals surface area contributed by atoms with Crippen molar-refractivity contribution in [1.29, 1.82) is 0 Å². The van der Waals surface area contributed by atoms with Gasteiger partial charge in [0, 0.05) is 19.6 Å². The second-order valence-corrected chi connectivity index (χ2v) is 4.25. The van der Waals surface area contributed by atoms with Crippen LogP contribution in [0.2, 0.25) is 0 Å². The summed E-state index contributed by atoms with van der Waals surface area (Å²) < 4.78 is 5.43. The predicted octanol–water partition coefficient (Wildman–Crippen LogP) is 2.25. The summed E-state index contributed by atoms with van der Waals surface area (Å²) in [6, 6.07) is 0. The number of carbonyl (C=O) groups is 1. The molecule has 0 aromatic heterocycles. The second kappa shape index (κ2) is 7.69. The first-order valence-corrected chi connectivity index (χ1v) is 6.21. The number of ether oxygens (including phenoxy) is 1. The van der Waals surface area contributed by atoms with E-state index >= 15 is 0 Å². The number of hydrogen-bond donors (Lipinski definition) is 1. The van der Waals surface area contributed by atoms with Gasteiger partial charge in [-0.1, -0.05) is 26.2 Å². The van der Waals surface area contributed by atoms with Crippen molar-refractivity contribution in [3.05, 3.63) is 0 Å². The molecule has 88 valence electrons. The Bertz CT molecular complexity index is 176. The van der Waals surface area contributed by atoms with Gasteiger partial charge in [-0.3, -0.25) is 4.79 Å². The molecule has 1 heterocycles. The third kappa shape index (κ3) is 5.78. The van der Waals surface area contributed by atoms with Crippen LogP contribution in [0.1, 0.15) is 51.9 Å². The quantitative estimate of drug-likeness (QED) is 0.659. The van der Waals surface area contributed by atoms with Crippen LogP contribution in [0.25, 0.3) is 0 Å². The average Bonchev–Trinajstić information content (AvgIpc) is 2.74. The van der Waals surface area contributed by atoms with Crippen molar-refractivity contribution in [2.24, 2.45) is 0 Å². The lowest BCUT2D eigenvalue weighted by Gasteiger charge is -2.10. The number of amides is 1. The number of nitrogens with one attached hydrogen (secondary N) is 1. The highest BCUT2D eigenvalue weighted by atomic mass is 16.5. The van der Waals surface area contributed by atoms with Crippen molar-refractivity contribution in [3.63, 3.8) is 0 Å². The minimum atomic E-state index is 0.182. The summed E-state index contributed by atoms with van der Waals surface area (Å²) in [5.41, 5.74) is 0. The molecule has 1 aliphatic heterocycles. The summed E-state index contributed by atoms with van der Waals surface area (Å²) in [6.45, 7) is 3.74. The standard InChI is InChI=1S/C12H23NO2/c1-2-3-4-5-8-12(14)13-10-11-7-6-9-15-11/h11H,2-10H2,1H3,(H,13,14). The Morgan fingerprint density at radius 1 is 1.40 bits per heavy atom. The van der Waals surface area contributed by atoms with Gasteiger partial charge in [-0.25, -0.2) is 0 Å². The maximum absolute atomic E-state index is 11.4. The summed E-state index contributed by atoms with van der Waals surface area (Å²) >= 11 is 0. The van der Waals surface area contributed by atoms with E-state index in [0.29, 0.717) is 13.0 Å². The van der Waals surface area contributed by atoms with Crippen molar-refractivity contribution in [2.75, 3.05) is 13.2 Å². The van der Waals surface area contributed by atoms with Crippen LogP contribution in [0.15, 0.2) is 0 Å². The number of hydrogen-bond acceptors (Lipinski definition) is 2. The highest BCUT2D eigenvalue weighted by molar-refractivity contribution is 5.75. The van der Waals surface area contributed by atoms with Crippen molar-refractivity contribution in [1.82, 2.24) is 5.32 Å². The lowest BCUT2D eigenvalue weighted by atomic mass is 10.1. The Labute approximate surface area is 92.6 Å². The third-order valence-electron chi connectivity index (χ3n) is 2.81. The summed E-state index contributed by atoms with van der Waals surface area (Å²) in [5.74, 6) is 0.182. The minimum Gasteiger partial charge on any atom is -0.376 e. The highest BCUT2D eigenvalue weighted by Gasteiger charge is 2.15. The normalized spacial score (nSPS) is 20.5. The molecule has 0 radical (unpaired) electrons. The van der Waals surface area contributed by atoms with Crippen LogP contribution in [-0.2, 0) is 9.53 Å². The van der Waals surface area contributed by atoms with Crippen molar-refractivity contribution < 1.29 is 9.53 Å². The van der Waals surface area contributed by atoms with E-state index in [-0.39, 0.29) is 12.0 Å². The van der Waals surface area contributed by atoms with E-state index in [0.717, 1.165) is 25.9 Å². The van der Waals surface area contributed by atoms with Gasteiger partial charge in [0.1, 0.15) is 0 Å². The van der Waals surface area contributed by atoms with Crippen molar-refractivity contribution in [3.8, 4) is 0 Å². The molecule has 15 heavy (non-hydrogen) atoms. The predicted molar refractivity (Wildman–Crippen MR) is 60.7 cm³/mol. The van der Waals surface area contributed by atoms with E-state index in [9.17, 15) is 4.79 Å². The van der Waals surface area contributed by atoms with Gasteiger partial charge in [0.15, 0.2) is 0 Å². The molecule has 1 fully saturated rings. The third-order valence-corrected chi connectivity index (χ3v) is 2.81. The highest BCUT2D eigenvalue weighted by Crippen LogP contribution is 2.10. The van der Waals surface area contributed by atoms with Crippen LogP contribution < -0.4 is 5.32 Å². The smallest absolute Gasteiger partial charge is 0.220 e. The Hall–Kier alpha value is -0.570. The molecule has 1 N–H and O–H groups in total. The monoisotopic (exact) mass is 213 g/mol. The molecule has 3 heteroatoms. The summed E-state index contributed by atoms with van der Waals surface area (Å²) in [4.78, 5) is 11.4. The molecule has 1 atom stereocenters. The van der Waals surface area contributed by atoms with Crippen LogP contribution in [0.3, 0.4) is 0 Å². The van der Waals surface area contributed by atoms with Crippen LogP contribution in [0, 0.1) is 0 Å². The Kier molecular flexibility index (Phi) is 6.41. The molecule has 1 aliphatic rings. The Morgan fingerprint density at radius 2 is 2.27 bits per heavy atom. The van der Waals surface area contributed by atoms with Crippen LogP contribution >= 0.6 is 0 Å². The van der Waals surface area contributed by atoms with Gasteiger partial charge in [0.2, 0.25) is 5.91 Å². The van der Waals surface area contributed by atoms with E-state index in [1.807, 2.05) is 0 Å². The SMILES string of the molecule is CCCCCCC(=O)NCC1CCCO1. The number of unbranched alkanes of at least 4 members (excludes halogenated alkanes) is 3. The molecule has 0 aromatic rings. The first kappa shape index (κ1) is 12.5. The molecule has 0 spiro atoms. The molecular formula is C12H23NO2. The van der Waals surface area contributed by atoms with Crippen molar-refractivity contribution in [2.45, 2.75) is 58.0 Å². The maximum Gasteiger partial charge on any atom is 0.220 e. The zero-order chi connectivity index (χ0) is 10.9. The molecule has 3 nitrogen and oxygen atoms in total. The van der Waals surface area contributed by atoms with Crippen LogP contribution in [-0.4, -0.2) is 25.2 Å². The van der Waals surface area contributed by atoms with Gasteiger partial charge in [0.05, 0.1) is 6.10 Å². The summed E-state index contributed by atoms with van der Waals surface area (Å²) in [5, 5.41) is 2.94. The van der Waals surface area contributed by atoms with Crippen LogP contribution in [0.4, 0.5) is 0 Å². The van der Waals surface area contributed by atoms with E-state index in [4.69, 9.17) is 4.74 Å². The van der Waals surface area contributed by atoms with Crippen LogP contribution in [0.5, 0.6) is 0 Å². The number of carbonyl (C=O) groups excluding carboxylic acids is 1. The zero-order valence-corrected chi connectivity index (χ0v) is 9.76. The molecule has 0 aromatic carbocycles. The van der Waals surface area contributed by atoms with Gasteiger partial charge < -0.3 is 10.1 Å². The Balaban J connectivity index is 1.93. The topological polar surface area (TPSA) is 38.3 Å². The average molecular weight is 213 g/mol. The van der Waals surface area contributed by atoms with E-state index < -0.39 is 0 Å². The molecular weight excluding hydrogens is 190 g/mol. The van der Waals surface area contributed by atoms with Gasteiger partial charge in [-0.05, 0) is 19.3 Å². The van der Waals surface area contributed by atoms with E-state index in [1.54, 1.807) is 0 Å². The van der Waals surface area contributed by atoms with Gasteiger partial charge in [-0.15, -0.1) is 0 Å². The van der Waals surface area contributed by atoms with E-state index in [1.165, 1.54) is 19.3 Å². The second-order valence-electron chi connectivity index (χ2n) is 4.25. The fourth-order valence-corrected chi connectivity index (χ4v) is 1.83. The largest absolute Gasteiger partial charge is 0.376 e. The zero-order valence-electron chi connectivity index (χ0n) is 9.76. The first-order chi connectivity index (χ1) is 7.33. The molecule has 1 saturated heterocycles. The van der Waals surface area contributed by atoms with Gasteiger partial charge in [-0.2, -0.15) is 0 Å². The first-order valence-electron chi connectivity index (χ1n) is 6.21. The summed E-state index contributed by atoms with van der Waals surface area (Å²) in [7, 11) is 0. The molecule has 1 unspecified atom stereocenters. The molecule has 1 rings (SSSR count). The minimum absolute atomic E-state index is 0.182. The van der Waals surface area contributed by atoms with E-state index in [2.05, 4.69) is 12.2 Å². The fraction of sp³-hybridized carbons (Fsp3) is 0.917. The molecule has 0 saturated carbocycles. The molecule has 0 aliphatic carbocycles. The van der Waals surface area contributed by atoms with Crippen molar-refractivity contribution >= 4 is 5.91 Å². The number of rotatable bonds is 7. The maximum atomic E-state index is 11.4. The molecule has 0 bridgehead atoms. The van der Waals surface area contributed by atoms with Gasteiger partial charge >= 0.3 is 0 Å². The lowest BCUT2D eigenvalue weighted by Crippen LogP contribution is -2.31. The molecule has 1 amide bonds. The lowest BCUT2D eigenvalue weighted by molar-refractivity contribution is -0.121. The summed E-state index contributed by atoms with van der Waals surface area (Å²) in [6.07, 6.45) is 7.82. The Morgan fingerprint density at radius 3 is 2.93 bits per heavy atom.